The van der Waals surface area contributed by atoms with Gasteiger partial charge in [0.2, 0.25) is 0 Å². The second-order valence-corrected chi connectivity index (χ2v) is 6.03. The summed E-state index contributed by atoms with van der Waals surface area (Å²) in [5, 5.41) is 17.3. The van der Waals surface area contributed by atoms with E-state index in [1.165, 1.54) is 0 Å². The van der Waals surface area contributed by atoms with Gasteiger partial charge in [0.05, 0.1) is 0 Å². The molecule has 0 heterocycles. The Kier molecular flexibility index (Phi) is 5.97. The number of nitrogens with one attached hydrogen (secondary N) is 1. The summed E-state index contributed by atoms with van der Waals surface area (Å²) in [4.78, 5) is 17.1. The largest absolute Gasteiger partial charge is 0.437 e. The lowest BCUT2D eigenvalue weighted by atomic mass is 9.99. The second-order valence-electron chi connectivity index (χ2n) is 6.03. The van der Waals surface area contributed by atoms with Crippen LogP contribution in [-0.2, 0) is 4.84 Å². The molecule has 3 aromatic rings. The van der Waals surface area contributed by atoms with Gasteiger partial charge in [-0.15, -0.1) is 0 Å². The molecule has 0 fully saturated rings. The molecule has 0 radical (unpaired) electrons. The molecular weight excluding hydrogens is 340 g/mol. The van der Waals surface area contributed by atoms with Crippen molar-refractivity contribution in [3.8, 4) is 0 Å². The second kappa shape index (κ2) is 8.78. The minimum atomic E-state index is -1.03. The molecule has 1 unspecified atom stereocenters. The SMILES string of the molecule is Cc1ccc(NC(=O)O/N=C(\c2ccccc2)C(O)c2ccccc2)cc1. The summed E-state index contributed by atoms with van der Waals surface area (Å²) in [7, 11) is 0. The fraction of sp³-hybridized carbons (Fsp3) is 0.0909. The molecule has 0 bridgehead atoms. The number of hydrogen-bond acceptors (Lipinski definition) is 4. The molecule has 2 N–H and O–H groups in total. The quantitative estimate of drug-likeness (QED) is 0.394. The van der Waals surface area contributed by atoms with Crippen LogP contribution in [0, 0.1) is 6.92 Å². The maximum atomic E-state index is 12.1. The van der Waals surface area contributed by atoms with Gasteiger partial charge in [0.25, 0.3) is 0 Å². The third kappa shape index (κ3) is 5.03. The van der Waals surface area contributed by atoms with Gasteiger partial charge in [-0.25, -0.2) is 4.79 Å². The van der Waals surface area contributed by atoms with Crippen molar-refractivity contribution < 1.29 is 14.7 Å². The first-order valence-corrected chi connectivity index (χ1v) is 8.54. The fourth-order valence-electron chi connectivity index (χ4n) is 2.53. The zero-order valence-electron chi connectivity index (χ0n) is 14.9. The first-order chi connectivity index (χ1) is 13.1. The van der Waals surface area contributed by atoms with Gasteiger partial charge in [0.15, 0.2) is 0 Å². The minimum absolute atomic E-state index is 0.251. The number of anilines is 1. The van der Waals surface area contributed by atoms with E-state index in [4.69, 9.17) is 4.84 Å². The van der Waals surface area contributed by atoms with E-state index in [9.17, 15) is 9.90 Å². The van der Waals surface area contributed by atoms with E-state index >= 15 is 0 Å². The number of carbonyl (C=O) groups excluding carboxylic acids is 1. The van der Waals surface area contributed by atoms with Gasteiger partial charge in [-0.05, 0) is 24.6 Å². The first-order valence-electron chi connectivity index (χ1n) is 8.54. The number of hydrogen-bond donors (Lipinski definition) is 2. The highest BCUT2D eigenvalue weighted by molar-refractivity contribution is 6.04. The van der Waals surface area contributed by atoms with Crippen molar-refractivity contribution >= 4 is 17.5 Å². The van der Waals surface area contributed by atoms with Crippen LogP contribution in [0.25, 0.3) is 0 Å². The third-order valence-electron chi connectivity index (χ3n) is 3.97. The molecule has 5 heteroatoms. The molecule has 0 saturated heterocycles. The number of aliphatic hydroxyl groups is 1. The van der Waals surface area contributed by atoms with Crippen LogP contribution >= 0.6 is 0 Å². The highest BCUT2D eigenvalue weighted by atomic mass is 16.7. The summed E-state index contributed by atoms with van der Waals surface area (Å²) in [6.45, 7) is 1.96. The van der Waals surface area contributed by atoms with Crippen LogP contribution in [0.4, 0.5) is 10.5 Å². The molecule has 27 heavy (non-hydrogen) atoms. The summed E-state index contributed by atoms with van der Waals surface area (Å²) >= 11 is 0. The molecule has 0 aromatic heterocycles. The number of oxime groups is 1. The molecule has 0 aliphatic carbocycles. The Hall–Kier alpha value is -3.44. The van der Waals surface area contributed by atoms with Crippen LogP contribution in [0.15, 0.2) is 90.1 Å². The first kappa shape index (κ1) is 18.4. The molecule has 1 atom stereocenters. The highest BCUT2D eigenvalue weighted by Crippen LogP contribution is 2.19. The van der Waals surface area contributed by atoms with E-state index in [2.05, 4.69) is 10.5 Å². The van der Waals surface area contributed by atoms with Crippen molar-refractivity contribution in [2.45, 2.75) is 13.0 Å². The van der Waals surface area contributed by atoms with E-state index in [1.807, 2.05) is 55.5 Å². The molecular formula is C22H20N2O3. The summed E-state index contributed by atoms with van der Waals surface area (Å²) in [6.07, 6.45) is -1.76. The third-order valence-corrected chi connectivity index (χ3v) is 3.97. The molecule has 3 aromatic carbocycles. The lowest BCUT2D eigenvalue weighted by Crippen LogP contribution is -2.17. The number of nitrogens with zero attached hydrogens (tertiary/aromatic N) is 1. The topological polar surface area (TPSA) is 70.9 Å². The Morgan fingerprint density at radius 2 is 1.52 bits per heavy atom. The van der Waals surface area contributed by atoms with Crippen molar-refractivity contribution in [1.29, 1.82) is 0 Å². The normalized spacial score (nSPS) is 12.3. The van der Waals surface area contributed by atoms with E-state index in [1.54, 1.807) is 36.4 Å². The van der Waals surface area contributed by atoms with Crippen molar-refractivity contribution in [2.75, 3.05) is 5.32 Å². The average molecular weight is 360 g/mol. The van der Waals surface area contributed by atoms with Crippen LogP contribution in [0.2, 0.25) is 0 Å². The van der Waals surface area contributed by atoms with Crippen molar-refractivity contribution in [1.82, 2.24) is 0 Å². The lowest BCUT2D eigenvalue weighted by molar-refractivity contribution is 0.163. The van der Waals surface area contributed by atoms with Crippen LogP contribution in [0.3, 0.4) is 0 Å². The number of amides is 1. The van der Waals surface area contributed by atoms with Crippen LogP contribution in [-0.4, -0.2) is 16.9 Å². The van der Waals surface area contributed by atoms with Gasteiger partial charge in [0.1, 0.15) is 11.8 Å². The Labute approximate surface area is 157 Å². The Morgan fingerprint density at radius 3 is 2.15 bits per heavy atom. The van der Waals surface area contributed by atoms with Crippen LogP contribution in [0.1, 0.15) is 22.8 Å². The van der Waals surface area contributed by atoms with E-state index in [0.717, 1.165) is 5.56 Å². The smallest absolute Gasteiger partial charge is 0.382 e. The fourth-order valence-corrected chi connectivity index (χ4v) is 2.53. The zero-order chi connectivity index (χ0) is 19.1. The molecule has 0 saturated carbocycles. The zero-order valence-corrected chi connectivity index (χ0v) is 14.9. The van der Waals surface area contributed by atoms with Gasteiger partial charge >= 0.3 is 6.09 Å². The molecule has 0 spiro atoms. The number of carbonyl (C=O) groups is 1. The maximum absolute atomic E-state index is 12.1. The van der Waals surface area contributed by atoms with Crippen LogP contribution in [0.5, 0.6) is 0 Å². The summed E-state index contributed by atoms with van der Waals surface area (Å²) in [5.41, 5.74) is 3.26. The Bertz CT molecular complexity index is 907. The van der Waals surface area contributed by atoms with Crippen molar-refractivity contribution in [2.24, 2.45) is 5.16 Å². The summed E-state index contributed by atoms with van der Waals surface area (Å²) in [5.74, 6) is 0. The molecule has 0 aliphatic rings. The number of benzene rings is 3. The average Bonchev–Trinajstić information content (AvgIpc) is 2.71. The van der Waals surface area contributed by atoms with Gasteiger partial charge in [-0.2, -0.15) is 0 Å². The number of aliphatic hydroxyl groups excluding tert-OH is 1. The standard InChI is InChI=1S/C22H20N2O3/c1-16-12-14-19(15-13-16)23-22(26)27-24-20(17-8-4-2-5-9-17)21(25)18-10-6-3-7-11-18/h2-15,21,25H,1H3,(H,23,26)/b24-20+. The maximum Gasteiger partial charge on any atom is 0.437 e. The number of rotatable bonds is 5. The molecule has 3 rings (SSSR count). The minimum Gasteiger partial charge on any atom is -0.382 e. The molecule has 0 aliphatic heterocycles. The highest BCUT2D eigenvalue weighted by Gasteiger charge is 2.18. The molecule has 5 nitrogen and oxygen atoms in total. The van der Waals surface area contributed by atoms with Crippen LogP contribution < -0.4 is 5.32 Å². The molecule has 1 amide bonds. The number of aryl methyl sites for hydroxylation is 1. The Balaban J connectivity index is 1.80. The van der Waals surface area contributed by atoms with Gasteiger partial charge in [-0.1, -0.05) is 83.5 Å². The predicted octanol–water partition coefficient (Wildman–Crippen LogP) is 4.68. The van der Waals surface area contributed by atoms with Crippen molar-refractivity contribution in [3.63, 3.8) is 0 Å². The summed E-state index contributed by atoms with van der Waals surface area (Å²) in [6, 6.07) is 25.5. The monoisotopic (exact) mass is 360 g/mol. The van der Waals surface area contributed by atoms with Gasteiger partial charge in [-0.3, -0.25) is 10.2 Å². The molecule has 136 valence electrons. The Morgan fingerprint density at radius 1 is 0.926 bits per heavy atom. The van der Waals surface area contributed by atoms with E-state index in [-0.39, 0.29) is 5.71 Å². The summed E-state index contributed by atoms with van der Waals surface area (Å²) < 4.78 is 0. The van der Waals surface area contributed by atoms with E-state index < -0.39 is 12.2 Å². The predicted molar refractivity (Wildman–Crippen MR) is 106 cm³/mol. The van der Waals surface area contributed by atoms with E-state index in [0.29, 0.717) is 16.8 Å². The van der Waals surface area contributed by atoms with Crippen molar-refractivity contribution in [3.05, 3.63) is 102 Å². The lowest BCUT2D eigenvalue weighted by Gasteiger charge is -2.14. The van der Waals surface area contributed by atoms with Gasteiger partial charge in [0, 0.05) is 11.3 Å². The van der Waals surface area contributed by atoms with Gasteiger partial charge < -0.3 is 5.11 Å².